The number of alkyl halides is 12. The number of carbonyl (C=O) groups is 3. The lowest BCUT2D eigenvalue weighted by atomic mass is 10.1. The number of hydrogen-bond acceptors (Lipinski definition) is 12. The molecule has 0 saturated heterocycles. The zero-order chi connectivity index (χ0) is 73.1. The van der Waals surface area contributed by atoms with Gasteiger partial charge in [0.15, 0.2) is 0 Å². The number of nitrogens with zero attached hydrogens (tertiary/aromatic N) is 3. The topological polar surface area (TPSA) is 256 Å². The van der Waals surface area contributed by atoms with E-state index in [1.54, 1.807) is 82.9 Å². The number of halogens is 13. The standard InChI is InChI=1S/C22H21F3N4O3S.C13H12ClN3O3S.C13H16F3NO2.C9H10F3N.C8H8F3N/c1-29(15-17-4-2-3-5-20(17)22(23,24)25)33(31,32)19-8-6-18(7-9-19)28-21(30)27-14-16-10-12-26-13-11-16;14-21(19,20)12-3-1-11(2-4-12)17-13(18)16-9-10-5-7-15-8-6-10;1-12(2,3)19-11(18)17-8-9-6-4-5-7-10(9)13(14,15)16;1-13-6-7-4-2-3-5-8(7)9(10,11)12;9-8(10,11)7-4-2-1-3-6(7)5-12/h2-13H,14-15H2,1H3,(H2,27,28,30);1-8H,9H2,(H2,16,17,18);4-7H,8H2,1-3H3,(H,17,18);2-5,13H,6H2,1H3;1-4H,5,12H2. The molecule has 33 heteroatoms. The molecule has 0 atom stereocenters. The molecule has 0 radical (unpaired) electrons. The molecular weight excluding hydrogens is 1380 g/mol. The summed E-state index contributed by atoms with van der Waals surface area (Å²) in [5.41, 5.74) is 4.45. The fourth-order valence-corrected chi connectivity index (χ4v) is 10.0. The van der Waals surface area contributed by atoms with Crippen LogP contribution in [-0.2, 0) is 87.8 Å². The normalized spacial score (nSPS) is 11.7. The van der Waals surface area contributed by atoms with Gasteiger partial charge in [0.25, 0.3) is 9.05 Å². The lowest BCUT2D eigenvalue weighted by Crippen LogP contribution is -2.32. The molecule has 528 valence electrons. The highest BCUT2D eigenvalue weighted by Gasteiger charge is 2.36. The van der Waals surface area contributed by atoms with E-state index in [0.717, 1.165) is 39.7 Å². The molecular formula is C65H67ClF12N10O8S2. The zero-order valence-corrected chi connectivity index (χ0v) is 55.0. The Hall–Kier alpha value is -9.34. The molecule has 0 aliphatic rings. The number of nitrogens with two attached hydrogens (primary N) is 1. The molecule has 5 amide bonds. The molecule has 6 aromatic carbocycles. The van der Waals surface area contributed by atoms with Gasteiger partial charge in [0.1, 0.15) is 5.60 Å². The van der Waals surface area contributed by atoms with E-state index in [4.69, 9.17) is 21.2 Å². The lowest BCUT2D eigenvalue weighted by molar-refractivity contribution is -0.139. The Kier molecular flexibility index (Phi) is 30.5. The van der Waals surface area contributed by atoms with Crippen LogP contribution in [0.25, 0.3) is 0 Å². The first kappa shape index (κ1) is 81.1. The van der Waals surface area contributed by atoms with Crippen LogP contribution >= 0.6 is 10.7 Å². The minimum atomic E-state index is -4.59. The highest BCUT2D eigenvalue weighted by atomic mass is 35.7. The Bertz CT molecular complexity index is 4060. The molecule has 8 N–H and O–H groups in total. The van der Waals surface area contributed by atoms with Crippen LogP contribution in [0.2, 0.25) is 0 Å². The van der Waals surface area contributed by atoms with Gasteiger partial charge in [0.05, 0.1) is 32.0 Å². The summed E-state index contributed by atoms with van der Waals surface area (Å²) in [5, 5.41) is 15.5. The molecule has 0 unspecified atom stereocenters. The number of nitrogens with one attached hydrogen (secondary N) is 6. The van der Waals surface area contributed by atoms with Gasteiger partial charge in [0.2, 0.25) is 10.0 Å². The number of aromatic nitrogens is 2. The summed E-state index contributed by atoms with van der Waals surface area (Å²) >= 11 is 0. The van der Waals surface area contributed by atoms with Gasteiger partial charge in [-0.2, -0.15) is 57.0 Å². The second-order valence-electron chi connectivity index (χ2n) is 21.3. The van der Waals surface area contributed by atoms with Gasteiger partial charge < -0.3 is 42.4 Å². The van der Waals surface area contributed by atoms with Crippen molar-refractivity contribution in [1.29, 1.82) is 0 Å². The Balaban J connectivity index is 0.000000274. The highest BCUT2D eigenvalue weighted by Crippen LogP contribution is 2.35. The summed E-state index contributed by atoms with van der Waals surface area (Å²) in [6.45, 7) is 5.14. The highest BCUT2D eigenvalue weighted by molar-refractivity contribution is 8.13. The van der Waals surface area contributed by atoms with E-state index >= 15 is 0 Å². The molecule has 0 aliphatic heterocycles. The summed E-state index contributed by atoms with van der Waals surface area (Å²) in [4.78, 5) is 42.7. The van der Waals surface area contributed by atoms with Crippen LogP contribution in [-0.4, -0.2) is 69.0 Å². The van der Waals surface area contributed by atoms with Crippen molar-refractivity contribution in [2.45, 2.75) is 100 Å². The molecule has 98 heavy (non-hydrogen) atoms. The molecule has 18 nitrogen and oxygen atoms in total. The summed E-state index contributed by atoms with van der Waals surface area (Å²) in [6.07, 6.45) is -11.8. The molecule has 8 rings (SSSR count). The van der Waals surface area contributed by atoms with Gasteiger partial charge in [0, 0.05) is 93.2 Å². The van der Waals surface area contributed by atoms with Crippen LogP contribution in [0.15, 0.2) is 204 Å². The van der Waals surface area contributed by atoms with Gasteiger partial charge in [-0.1, -0.05) is 72.8 Å². The van der Waals surface area contributed by atoms with Crippen molar-refractivity contribution in [3.8, 4) is 0 Å². The minimum Gasteiger partial charge on any atom is -0.444 e. The predicted octanol–water partition coefficient (Wildman–Crippen LogP) is 14.9. The van der Waals surface area contributed by atoms with E-state index in [1.807, 2.05) is 0 Å². The van der Waals surface area contributed by atoms with Gasteiger partial charge in [-0.15, -0.1) is 0 Å². The molecule has 8 aromatic rings. The number of rotatable bonds is 16. The van der Waals surface area contributed by atoms with Crippen molar-refractivity contribution in [3.05, 3.63) is 250 Å². The molecule has 0 saturated carbocycles. The van der Waals surface area contributed by atoms with Crippen LogP contribution in [0.5, 0.6) is 0 Å². The van der Waals surface area contributed by atoms with E-state index in [-0.39, 0.29) is 58.2 Å². The van der Waals surface area contributed by atoms with Crippen molar-refractivity contribution < 1.29 is 88.6 Å². The van der Waals surface area contributed by atoms with Gasteiger partial charge in [-0.25, -0.2) is 31.2 Å². The maximum Gasteiger partial charge on any atom is 0.416 e. The Morgan fingerprint density at radius 3 is 1.15 bits per heavy atom. The number of urea groups is 2. The largest absolute Gasteiger partial charge is 0.444 e. The molecule has 0 bridgehead atoms. The average molecular weight is 1440 g/mol. The molecule has 0 aliphatic carbocycles. The van der Waals surface area contributed by atoms with Crippen LogP contribution in [0, 0.1) is 0 Å². The third-order valence-electron chi connectivity index (χ3n) is 12.7. The average Bonchev–Trinajstić information content (AvgIpc) is 0.821. The number of anilines is 2. The number of pyridine rings is 2. The number of sulfonamides is 1. The monoisotopic (exact) mass is 1440 g/mol. The molecule has 0 spiro atoms. The fraction of sp³-hybridized carbons (Fsp3) is 0.246. The van der Waals surface area contributed by atoms with Gasteiger partial charge in [-0.3, -0.25) is 9.97 Å². The summed E-state index contributed by atoms with van der Waals surface area (Å²) in [7, 11) is 0.214. The summed E-state index contributed by atoms with van der Waals surface area (Å²) in [6, 6.07) is 37.9. The molecule has 2 aromatic heterocycles. The quantitative estimate of drug-likeness (QED) is 0.0352. The lowest BCUT2D eigenvalue weighted by Gasteiger charge is -2.20. The van der Waals surface area contributed by atoms with Gasteiger partial charge >= 0.3 is 42.9 Å². The van der Waals surface area contributed by atoms with Crippen LogP contribution < -0.4 is 37.6 Å². The van der Waals surface area contributed by atoms with Crippen LogP contribution in [0.3, 0.4) is 0 Å². The first-order valence-corrected chi connectivity index (χ1v) is 32.4. The fourth-order valence-electron chi connectivity index (χ4n) is 8.12. The van der Waals surface area contributed by atoms with E-state index < -0.39 is 96.3 Å². The maximum absolute atomic E-state index is 13.2. The van der Waals surface area contributed by atoms with Crippen molar-refractivity contribution in [2.24, 2.45) is 5.73 Å². The maximum atomic E-state index is 13.2. The number of hydrogen-bond donors (Lipinski definition) is 7. The first-order valence-electron chi connectivity index (χ1n) is 28.6. The Morgan fingerprint density at radius 2 is 0.806 bits per heavy atom. The van der Waals surface area contributed by atoms with Crippen LogP contribution in [0.1, 0.15) is 76.4 Å². The van der Waals surface area contributed by atoms with Gasteiger partial charge in [-0.05, 0) is 158 Å². The molecule has 2 heterocycles. The smallest absolute Gasteiger partial charge is 0.416 e. The van der Waals surface area contributed by atoms with Crippen molar-refractivity contribution in [1.82, 2.24) is 35.5 Å². The Morgan fingerprint density at radius 1 is 0.469 bits per heavy atom. The van der Waals surface area contributed by atoms with E-state index in [9.17, 15) is 83.9 Å². The number of benzene rings is 6. The van der Waals surface area contributed by atoms with Crippen molar-refractivity contribution >= 4 is 59.3 Å². The summed E-state index contributed by atoms with van der Waals surface area (Å²) < 4.78 is 205. The van der Waals surface area contributed by atoms with E-state index in [0.29, 0.717) is 17.9 Å². The molecule has 0 fully saturated rings. The number of alkyl carbamates (subject to hydrolysis) is 1. The van der Waals surface area contributed by atoms with Crippen LogP contribution in [0.4, 0.5) is 78.4 Å². The van der Waals surface area contributed by atoms with Crippen molar-refractivity contribution in [3.63, 3.8) is 0 Å². The van der Waals surface area contributed by atoms with E-state index in [1.165, 1.54) is 122 Å². The number of amides is 5. The minimum absolute atomic E-state index is 0.000796. The third-order valence-corrected chi connectivity index (χ3v) is 15.9. The first-order chi connectivity index (χ1) is 45.7. The summed E-state index contributed by atoms with van der Waals surface area (Å²) in [5.74, 6) is 0. The van der Waals surface area contributed by atoms with Crippen molar-refractivity contribution in [2.75, 3.05) is 24.7 Å². The zero-order valence-electron chi connectivity index (χ0n) is 52.6. The second kappa shape index (κ2) is 36.8. The SMILES string of the molecule is CC(C)(C)OC(=O)NCc1ccccc1C(F)(F)F.CN(Cc1ccccc1C(F)(F)F)S(=O)(=O)c1ccc(NC(=O)NCc2ccncc2)cc1.CNCc1ccccc1C(F)(F)F.NCc1ccccc1C(F)(F)F.O=C(NCc1ccncc1)Nc1ccc(S(=O)(=O)Cl)cc1. The van der Waals surface area contributed by atoms with E-state index in [2.05, 4.69) is 41.9 Å². The number of ether oxygens (including phenoxy) is 1. The second-order valence-corrected chi connectivity index (χ2v) is 25.9. The number of carbonyl (C=O) groups excluding carboxylic acids is 3. The third kappa shape index (κ3) is 28.4. The Labute approximate surface area is 561 Å². The predicted molar refractivity (Wildman–Crippen MR) is 344 cm³/mol.